The molecular formula is C13H27N. The maximum absolute atomic E-state index is 5.95. The Balaban J connectivity index is 2.43. The van der Waals surface area contributed by atoms with Gasteiger partial charge < -0.3 is 5.73 Å². The molecule has 1 saturated carbocycles. The molecule has 14 heavy (non-hydrogen) atoms. The van der Waals surface area contributed by atoms with E-state index in [4.69, 9.17) is 5.73 Å². The lowest BCUT2D eigenvalue weighted by atomic mass is 9.67. The summed E-state index contributed by atoms with van der Waals surface area (Å²) in [6.07, 6.45) is 6.80. The van der Waals surface area contributed by atoms with Gasteiger partial charge in [-0.25, -0.2) is 0 Å². The topological polar surface area (TPSA) is 26.0 Å². The van der Waals surface area contributed by atoms with Crippen molar-refractivity contribution in [2.45, 2.75) is 65.8 Å². The fraction of sp³-hybridized carbons (Fsp3) is 1.00. The Kier molecular flexibility index (Phi) is 4.00. The first kappa shape index (κ1) is 12.0. The van der Waals surface area contributed by atoms with Crippen molar-refractivity contribution in [2.24, 2.45) is 23.0 Å². The van der Waals surface area contributed by atoms with Crippen molar-refractivity contribution in [3.8, 4) is 0 Å². The largest absolute Gasteiger partial charge is 0.328 e. The number of hydrogen-bond donors (Lipinski definition) is 1. The molecule has 1 atom stereocenters. The zero-order valence-electron chi connectivity index (χ0n) is 10.3. The van der Waals surface area contributed by atoms with Crippen LogP contribution in [0.15, 0.2) is 0 Å². The normalized spacial score (nSPS) is 31.5. The molecule has 84 valence electrons. The molecule has 1 fully saturated rings. The van der Waals surface area contributed by atoms with Gasteiger partial charge in [0.15, 0.2) is 0 Å². The average Bonchev–Trinajstić information content (AvgIpc) is 2.18. The van der Waals surface area contributed by atoms with Gasteiger partial charge in [-0.1, -0.05) is 27.2 Å². The number of nitrogens with two attached hydrogens (primary N) is 1. The summed E-state index contributed by atoms with van der Waals surface area (Å²) in [4.78, 5) is 0. The standard InChI is InChI=1S/C13H27N/c1-5-13(3,4)12-8-6-11(7-9-12)10(2)14/h10-12H,5-9,14H2,1-4H3. The van der Waals surface area contributed by atoms with Crippen molar-refractivity contribution < 1.29 is 0 Å². The molecule has 0 heterocycles. The van der Waals surface area contributed by atoms with Gasteiger partial charge in [-0.3, -0.25) is 0 Å². The molecule has 0 radical (unpaired) electrons. The fourth-order valence-corrected chi connectivity index (χ4v) is 2.72. The Morgan fingerprint density at radius 1 is 1.21 bits per heavy atom. The molecule has 0 spiro atoms. The smallest absolute Gasteiger partial charge is 0.00387 e. The molecule has 1 heteroatoms. The summed E-state index contributed by atoms with van der Waals surface area (Å²) in [5.74, 6) is 1.72. The molecule has 1 nitrogen and oxygen atoms in total. The zero-order valence-corrected chi connectivity index (χ0v) is 10.3. The fourth-order valence-electron chi connectivity index (χ4n) is 2.72. The molecule has 1 aliphatic rings. The van der Waals surface area contributed by atoms with Crippen LogP contribution in [0, 0.1) is 17.3 Å². The summed E-state index contributed by atoms with van der Waals surface area (Å²) in [5.41, 5.74) is 6.50. The van der Waals surface area contributed by atoms with Gasteiger partial charge in [0, 0.05) is 6.04 Å². The van der Waals surface area contributed by atoms with E-state index >= 15 is 0 Å². The van der Waals surface area contributed by atoms with Gasteiger partial charge in [-0.2, -0.15) is 0 Å². The SMILES string of the molecule is CCC(C)(C)C1CCC(C(C)N)CC1. The van der Waals surface area contributed by atoms with Crippen molar-refractivity contribution in [1.82, 2.24) is 0 Å². The molecule has 0 bridgehead atoms. The van der Waals surface area contributed by atoms with Crippen molar-refractivity contribution >= 4 is 0 Å². The van der Waals surface area contributed by atoms with Gasteiger partial charge in [0.05, 0.1) is 0 Å². The second-order valence-corrected chi connectivity index (χ2v) is 5.81. The van der Waals surface area contributed by atoms with Crippen molar-refractivity contribution in [3.05, 3.63) is 0 Å². The second-order valence-electron chi connectivity index (χ2n) is 5.81. The second kappa shape index (κ2) is 4.65. The molecule has 2 N–H and O–H groups in total. The Hall–Kier alpha value is -0.0400. The molecule has 1 aliphatic carbocycles. The Labute approximate surface area is 89.5 Å². The summed E-state index contributed by atoms with van der Waals surface area (Å²) < 4.78 is 0. The summed E-state index contributed by atoms with van der Waals surface area (Å²) in [5, 5.41) is 0. The first-order valence-corrected chi connectivity index (χ1v) is 6.23. The molecule has 0 amide bonds. The van der Waals surface area contributed by atoms with Crippen molar-refractivity contribution in [1.29, 1.82) is 0 Å². The summed E-state index contributed by atoms with van der Waals surface area (Å²) in [6.45, 7) is 9.32. The lowest BCUT2D eigenvalue weighted by molar-refractivity contribution is 0.122. The zero-order chi connectivity index (χ0) is 10.8. The van der Waals surface area contributed by atoms with Gasteiger partial charge in [0.2, 0.25) is 0 Å². The molecule has 0 aromatic heterocycles. The van der Waals surface area contributed by atoms with Crippen LogP contribution in [0.3, 0.4) is 0 Å². The molecule has 0 aliphatic heterocycles. The lowest BCUT2D eigenvalue weighted by Gasteiger charge is -2.39. The van der Waals surface area contributed by atoms with E-state index in [2.05, 4.69) is 27.7 Å². The maximum atomic E-state index is 5.95. The van der Waals surface area contributed by atoms with Crippen LogP contribution in [0.2, 0.25) is 0 Å². The van der Waals surface area contributed by atoms with Gasteiger partial charge >= 0.3 is 0 Å². The minimum atomic E-state index is 0.403. The van der Waals surface area contributed by atoms with E-state index in [1.807, 2.05) is 0 Å². The van der Waals surface area contributed by atoms with Gasteiger partial charge in [0.25, 0.3) is 0 Å². The lowest BCUT2D eigenvalue weighted by Crippen LogP contribution is -2.34. The minimum absolute atomic E-state index is 0.403. The number of rotatable bonds is 3. The van der Waals surface area contributed by atoms with Crippen LogP contribution in [0.1, 0.15) is 59.8 Å². The summed E-state index contributed by atoms with van der Waals surface area (Å²) >= 11 is 0. The third-order valence-electron chi connectivity index (χ3n) is 4.53. The monoisotopic (exact) mass is 197 g/mol. The van der Waals surface area contributed by atoms with E-state index < -0.39 is 0 Å². The molecule has 0 aromatic rings. The summed E-state index contributed by atoms with van der Waals surface area (Å²) in [7, 11) is 0. The van der Waals surface area contributed by atoms with Crippen molar-refractivity contribution in [2.75, 3.05) is 0 Å². The highest BCUT2D eigenvalue weighted by Gasteiger charge is 2.32. The average molecular weight is 197 g/mol. The molecular weight excluding hydrogens is 170 g/mol. The highest BCUT2D eigenvalue weighted by Crippen LogP contribution is 2.42. The summed E-state index contributed by atoms with van der Waals surface area (Å²) in [6, 6.07) is 0.403. The highest BCUT2D eigenvalue weighted by atomic mass is 14.6. The van der Waals surface area contributed by atoms with Crippen molar-refractivity contribution in [3.63, 3.8) is 0 Å². The predicted molar refractivity (Wildman–Crippen MR) is 63.2 cm³/mol. The van der Waals surface area contributed by atoms with E-state index in [0.717, 1.165) is 11.8 Å². The maximum Gasteiger partial charge on any atom is 0.00387 e. The third kappa shape index (κ3) is 2.73. The molecule has 0 aromatic carbocycles. The van der Waals surface area contributed by atoms with Crippen LogP contribution in [0.5, 0.6) is 0 Å². The Morgan fingerprint density at radius 2 is 1.71 bits per heavy atom. The third-order valence-corrected chi connectivity index (χ3v) is 4.53. The molecule has 1 unspecified atom stereocenters. The first-order chi connectivity index (χ1) is 6.47. The number of hydrogen-bond acceptors (Lipinski definition) is 1. The van der Waals surface area contributed by atoms with Crippen LogP contribution >= 0.6 is 0 Å². The molecule has 1 rings (SSSR count). The van der Waals surface area contributed by atoms with E-state index in [9.17, 15) is 0 Å². The van der Waals surface area contributed by atoms with Crippen LogP contribution in [-0.4, -0.2) is 6.04 Å². The van der Waals surface area contributed by atoms with Crippen LogP contribution in [0.25, 0.3) is 0 Å². The Bertz CT molecular complexity index is 164. The predicted octanol–water partition coefficient (Wildman–Crippen LogP) is 3.58. The van der Waals surface area contributed by atoms with E-state index in [-0.39, 0.29) is 0 Å². The van der Waals surface area contributed by atoms with Gasteiger partial charge in [0.1, 0.15) is 0 Å². The minimum Gasteiger partial charge on any atom is -0.328 e. The first-order valence-electron chi connectivity index (χ1n) is 6.23. The Morgan fingerprint density at radius 3 is 2.07 bits per heavy atom. The highest BCUT2D eigenvalue weighted by molar-refractivity contribution is 4.84. The van der Waals surface area contributed by atoms with Crippen LogP contribution < -0.4 is 5.73 Å². The van der Waals surface area contributed by atoms with E-state index in [1.165, 1.54) is 32.1 Å². The van der Waals surface area contributed by atoms with E-state index in [0.29, 0.717) is 11.5 Å². The molecule has 0 saturated heterocycles. The van der Waals surface area contributed by atoms with E-state index in [1.54, 1.807) is 0 Å². The van der Waals surface area contributed by atoms with Gasteiger partial charge in [-0.15, -0.1) is 0 Å². The quantitative estimate of drug-likeness (QED) is 0.735. The van der Waals surface area contributed by atoms with Crippen LogP contribution in [-0.2, 0) is 0 Å². The van der Waals surface area contributed by atoms with Gasteiger partial charge in [-0.05, 0) is 49.9 Å². The van der Waals surface area contributed by atoms with Crippen LogP contribution in [0.4, 0.5) is 0 Å².